The molecule has 0 aliphatic heterocycles. The zero-order chi connectivity index (χ0) is 8.97. The van der Waals surface area contributed by atoms with Crippen LogP contribution >= 0.6 is 11.6 Å². The molecule has 0 aliphatic rings. The lowest BCUT2D eigenvalue weighted by Crippen LogP contribution is -1.80. The molecule has 1 rings (SSSR count). The second-order valence-electron chi connectivity index (χ2n) is 2.74. The van der Waals surface area contributed by atoms with Crippen molar-refractivity contribution in [3.63, 3.8) is 0 Å². The van der Waals surface area contributed by atoms with Gasteiger partial charge in [-0.1, -0.05) is 12.5 Å². The minimum absolute atomic E-state index is 0.580. The number of allylic oxidation sites excluding steroid dienone is 1. The first-order chi connectivity index (χ1) is 5.76. The fourth-order valence-electron chi connectivity index (χ4n) is 0.967. The van der Waals surface area contributed by atoms with Gasteiger partial charge in [-0.3, -0.25) is 0 Å². The van der Waals surface area contributed by atoms with Crippen LogP contribution in [0.5, 0.6) is 0 Å². The van der Waals surface area contributed by atoms with Crippen LogP contribution < -0.4 is 0 Å². The van der Waals surface area contributed by atoms with Crippen molar-refractivity contribution in [2.24, 2.45) is 0 Å². The Balaban J connectivity index is 2.78. The van der Waals surface area contributed by atoms with Gasteiger partial charge in [-0.25, -0.2) is 0 Å². The molecular weight excluding hydrogens is 172 g/mol. The molecule has 0 atom stereocenters. The lowest BCUT2D eigenvalue weighted by molar-refractivity contribution is 0.524. The van der Waals surface area contributed by atoms with Crippen LogP contribution in [-0.2, 0) is 0 Å². The smallest absolute Gasteiger partial charge is 0.127 e. The van der Waals surface area contributed by atoms with Crippen molar-refractivity contribution >= 4 is 17.7 Å². The molecule has 1 heterocycles. The number of alkyl halides is 1. The van der Waals surface area contributed by atoms with Crippen LogP contribution in [0.2, 0.25) is 0 Å². The molecule has 0 unspecified atom stereocenters. The van der Waals surface area contributed by atoms with Gasteiger partial charge in [0.15, 0.2) is 0 Å². The van der Waals surface area contributed by atoms with Gasteiger partial charge in [0.05, 0.1) is 0 Å². The lowest BCUT2D eigenvalue weighted by atomic mass is 10.2. The molecule has 0 fully saturated rings. The Morgan fingerprint density at radius 2 is 2.33 bits per heavy atom. The maximum absolute atomic E-state index is 5.71. The zero-order valence-electron chi connectivity index (χ0n) is 7.43. The van der Waals surface area contributed by atoms with E-state index in [-0.39, 0.29) is 0 Å². The SMILES string of the molecule is CCC(=Cc1ccc(C)o1)CCl. The first-order valence-corrected chi connectivity index (χ1v) is 4.61. The van der Waals surface area contributed by atoms with Gasteiger partial charge in [-0.2, -0.15) is 0 Å². The number of hydrogen-bond acceptors (Lipinski definition) is 1. The molecule has 12 heavy (non-hydrogen) atoms. The third-order valence-corrected chi connectivity index (χ3v) is 2.08. The van der Waals surface area contributed by atoms with Crippen molar-refractivity contribution in [1.29, 1.82) is 0 Å². The van der Waals surface area contributed by atoms with Gasteiger partial charge >= 0.3 is 0 Å². The van der Waals surface area contributed by atoms with Crippen molar-refractivity contribution in [2.75, 3.05) is 5.88 Å². The van der Waals surface area contributed by atoms with Gasteiger partial charge in [-0.15, -0.1) is 11.6 Å². The topological polar surface area (TPSA) is 13.1 Å². The fraction of sp³-hybridized carbons (Fsp3) is 0.400. The van der Waals surface area contributed by atoms with Gasteiger partial charge in [0.25, 0.3) is 0 Å². The van der Waals surface area contributed by atoms with E-state index in [0.717, 1.165) is 17.9 Å². The number of furan rings is 1. The molecule has 0 N–H and O–H groups in total. The Morgan fingerprint density at radius 3 is 2.75 bits per heavy atom. The molecule has 0 saturated heterocycles. The van der Waals surface area contributed by atoms with Crippen LogP contribution in [-0.4, -0.2) is 5.88 Å². The average Bonchev–Trinajstić information content (AvgIpc) is 2.47. The Morgan fingerprint density at radius 1 is 1.58 bits per heavy atom. The number of halogens is 1. The van der Waals surface area contributed by atoms with E-state index in [1.165, 1.54) is 5.57 Å². The van der Waals surface area contributed by atoms with E-state index in [0.29, 0.717) is 5.88 Å². The molecule has 0 spiro atoms. The van der Waals surface area contributed by atoms with Gasteiger partial charge < -0.3 is 4.42 Å². The summed E-state index contributed by atoms with van der Waals surface area (Å²) in [6.45, 7) is 4.02. The van der Waals surface area contributed by atoms with Crippen LogP contribution in [0.1, 0.15) is 24.9 Å². The van der Waals surface area contributed by atoms with E-state index < -0.39 is 0 Å². The highest BCUT2D eigenvalue weighted by atomic mass is 35.5. The van der Waals surface area contributed by atoms with Crippen LogP contribution in [0.3, 0.4) is 0 Å². The third-order valence-electron chi connectivity index (χ3n) is 1.73. The Labute approximate surface area is 78.0 Å². The molecule has 0 aliphatic carbocycles. The average molecular weight is 185 g/mol. The predicted octanol–water partition coefficient (Wildman–Crippen LogP) is 3.62. The van der Waals surface area contributed by atoms with Crippen LogP contribution in [0.25, 0.3) is 6.08 Å². The highest BCUT2D eigenvalue weighted by Gasteiger charge is 1.96. The van der Waals surface area contributed by atoms with Crippen molar-refractivity contribution in [3.8, 4) is 0 Å². The van der Waals surface area contributed by atoms with E-state index in [4.69, 9.17) is 16.0 Å². The summed E-state index contributed by atoms with van der Waals surface area (Å²) in [6, 6.07) is 3.91. The van der Waals surface area contributed by atoms with E-state index in [2.05, 4.69) is 6.92 Å². The van der Waals surface area contributed by atoms with Crippen molar-refractivity contribution in [2.45, 2.75) is 20.3 Å². The van der Waals surface area contributed by atoms with E-state index in [1.54, 1.807) is 0 Å². The molecule has 0 amide bonds. The first kappa shape index (κ1) is 9.40. The monoisotopic (exact) mass is 184 g/mol. The lowest BCUT2D eigenvalue weighted by Gasteiger charge is -1.95. The van der Waals surface area contributed by atoms with E-state index >= 15 is 0 Å². The van der Waals surface area contributed by atoms with Gasteiger partial charge in [0.1, 0.15) is 11.5 Å². The maximum atomic E-state index is 5.71. The second-order valence-corrected chi connectivity index (χ2v) is 3.01. The van der Waals surface area contributed by atoms with E-state index in [9.17, 15) is 0 Å². The molecular formula is C10H13ClO. The summed E-state index contributed by atoms with van der Waals surface area (Å²) in [5, 5.41) is 0. The second kappa shape index (κ2) is 4.36. The highest BCUT2D eigenvalue weighted by molar-refractivity contribution is 6.19. The van der Waals surface area contributed by atoms with Gasteiger partial charge in [0, 0.05) is 5.88 Å². The minimum Gasteiger partial charge on any atom is -0.462 e. The molecule has 0 radical (unpaired) electrons. The Kier molecular flexibility index (Phi) is 3.42. The molecule has 1 aromatic rings. The number of aryl methyl sites for hydroxylation is 1. The summed E-state index contributed by atoms with van der Waals surface area (Å²) in [6.07, 6.45) is 2.98. The standard InChI is InChI=1S/C10H13ClO/c1-3-9(7-11)6-10-5-4-8(2)12-10/h4-6H,3,7H2,1-2H3. The quantitative estimate of drug-likeness (QED) is 0.654. The maximum Gasteiger partial charge on any atom is 0.127 e. The number of hydrogen-bond donors (Lipinski definition) is 0. The van der Waals surface area contributed by atoms with E-state index in [1.807, 2.05) is 25.1 Å². The summed E-state index contributed by atoms with van der Waals surface area (Å²) < 4.78 is 5.38. The van der Waals surface area contributed by atoms with Crippen molar-refractivity contribution in [3.05, 3.63) is 29.2 Å². The van der Waals surface area contributed by atoms with Crippen LogP contribution in [0.4, 0.5) is 0 Å². The summed E-state index contributed by atoms with van der Waals surface area (Å²) in [5.41, 5.74) is 1.20. The molecule has 66 valence electrons. The van der Waals surface area contributed by atoms with Gasteiger partial charge in [0.2, 0.25) is 0 Å². The Hall–Kier alpha value is -0.690. The largest absolute Gasteiger partial charge is 0.462 e. The third kappa shape index (κ3) is 2.42. The summed E-state index contributed by atoms with van der Waals surface area (Å²) in [5.74, 6) is 2.41. The summed E-state index contributed by atoms with van der Waals surface area (Å²) >= 11 is 5.71. The van der Waals surface area contributed by atoms with Crippen molar-refractivity contribution < 1.29 is 4.42 Å². The minimum atomic E-state index is 0.580. The predicted molar refractivity (Wildman–Crippen MR) is 52.4 cm³/mol. The number of rotatable bonds is 3. The molecule has 0 bridgehead atoms. The van der Waals surface area contributed by atoms with Crippen LogP contribution in [0, 0.1) is 6.92 Å². The molecule has 1 nitrogen and oxygen atoms in total. The molecule has 1 aromatic heterocycles. The summed E-state index contributed by atoms with van der Waals surface area (Å²) in [7, 11) is 0. The molecule has 0 aromatic carbocycles. The van der Waals surface area contributed by atoms with Gasteiger partial charge in [-0.05, 0) is 31.6 Å². The van der Waals surface area contributed by atoms with Crippen LogP contribution in [0.15, 0.2) is 22.1 Å². The Bertz CT molecular complexity index is 267. The highest BCUT2D eigenvalue weighted by Crippen LogP contribution is 2.13. The molecule has 2 heteroatoms. The zero-order valence-corrected chi connectivity index (χ0v) is 8.19. The normalized spacial score (nSPS) is 12.1. The fourth-order valence-corrected chi connectivity index (χ4v) is 1.23. The first-order valence-electron chi connectivity index (χ1n) is 4.08. The molecule has 0 saturated carbocycles. The summed E-state index contributed by atoms with van der Waals surface area (Å²) in [4.78, 5) is 0. The van der Waals surface area contributed by atoms with Crippen molar-refractivity contribution in [1.82, 2.24) is 0 Å².